The van der Waals surface area contributed by atoms with Crippen molar-refractivity contribution in [2.24, 2.45) is 0 Å². The minimum atomic E-state index is 0.479. The summed E-state index contributed by atoms with van der Waals surface area (Å²) < 4.78 is 5.39. The van der Waals surface area contributed by atoms with Crippen LogP contribution in [0.15, 0.2) is 61.2 Å². The number of rotatable bonds is 7. The Morgan fingerprint density at radius 2 is 2.00 bits per heavy atom. The molecule has 1 saturated heterocycles. The molecule has 1 aliphatic heterocycles. The summed E-state index contributed by atoms with van der Waals surface area (Å²) in [6, 6.07) is 14.2. The van der Waals surface area contributed by atoms with Crippen LogP contribution >= 0.6 is 0 Å². The average molecular weight is 440 g/mol. The molecule has 4 heterocycles. The van der Waals surface area contributed by atoms with Crippen molar-refractivity contribution in [2.75, 3.05) is 50.0 Å². The standard InChI is InChI=1S/C25H25N7O/c26-14-19-15-27-17-21(25(19)31-23-3-1-2-22-20(23)6-7-28-22)18-4-5-24(30-16-18)29-8-9-32-10-12-33-13-11-32/h1-7,15-17,28H,8-13H2,(H,27,31)(H,29,30). The Kier molecular flexibility index (Phi) is 6.15. The van der Waals surface area contributed by atoms with Gasteiger partial charge in [-0.15, -0.1) is 0 Å². The van der Waals surface area contributed by atoms with E-state index in [9.17, 15) is 5.26 Å². The molecule has 8 heteroatoms. The lowest BCUT2D eigenvalue weighted by molar-refractivity contribution is 0.0398. The van der Waals surface area contributed by atoms with Crippen LogP contribution < -0.4 is 10.6 Å². The first-order chi connectivity index (χ1) is 16.3. The summed E-state index contributed by atoms with van der Waals surface area (Å²) in [5.74, 6) is 0.822. The second-order valence-corrected chi connectivity index (χ2v) is 7.90. The van der Waals surface area contributed by atoms with Crippen molar-refractivity contribution in [3.63, 3.8) is 0 Å². The van der Waals surface area contributed by atoms with Crippen LogP contribution in [0.3, 0.4) is 0 Å². The highest BCUT2D eigenvalue weighted by Crippen LogP contribution is 2.34. The van der Waals surface area contributed by atoms with Gasteiger partial charge in [-0.05, 0) is 30.3 Å². The number of aromatic amines is 1. The van der Waals surface area contributed by atoms with Crippen LogP contribution in [0.1, 0.15) is 5.56 Å². The van der Waals surface area contributed by atoms with E-state index in [0.717, 1.165) is 78.6 Å². The third-order valence-corrected chi connectivity index (χ3v) is 5.83. The minimum Gasteiger partial charge on any atom is -0.379 e. The Bertz CT molecular complexity index is 1270. The topological polar surface area (TPSA) is 102 Å². The van der Waals surface area contributed by atoms with Crippen LogP contribution in [0.4, 0.5) is 17.2 Å². The molecule has 0 radical (unpaired) electrons. The van der Waals surface area contributed by atoms with Gasteiger partial charge in [-0.25, -0.2) is 4.98 Å². The number of hydrogen-bond acceptors (Lipinski definition) is 7. The van der Waals surface area contributed by atoms with Gasteiger partial charge in [0.25, 0.3) is 0 Å². The Morgan fingerprint density at radius 3 is 2.82 bits per heavy atom. The molecule has 1 aliphatic rings. The first kappa shape index (κ1) is 20.9. The zero-order valence-corrected chi connectivity index (χ0v) is 18.2. The zero-order valence-electron chi connectivity index (χ0n) is 18.2. The lowest BCUT2D eigenvalue weighted by atomic mass is 10.0. The molecule has 3 aromatic heterocycles. The predicted molar refractivity (Wildman–Crippen MR) is 130 cm³/mol. The number of pyridine rings is 2. The molecule has 0 unspecified atom stereocenters. The highest BCUT2D eigenvalue weighted by Gasteiger charge is 2.14. The molecular weight excluding hydrogens is 414 g/mol. The largest absolute Gasteiger partial charge is 0.379 e. The van der Waals surface area contributed by atoms with Crippen molar-refractivity contribution in [3.05, 3.63) is 66.7 Å². The normalized spacial score (nSPS) is 14.2. The van der Waals surface area contributed by atoms with Crippen LogP contribution in [-0.4, -0.2) is 59.2 Å². The molecule has 3 N–H and O–H groups in total. The maximum absolute atomic E-state index is 9.72. The van der Waals surface area contributed by atoms with E-state index in [4.69, 9.17) is 4.74 Å². The average Bonchev–Trinajstić information content (AvgIpc) is 3.35. The second kappa shape index (κ2) is 9.69. The Morgan fingerprint density at radius 1 is 1.09 bits per heavy atom. The number of morpholine rings is 1. The summed E-state index contributed by atoms with van der Waals surface area (Å²) >= 11 is 0. The molecule has 8 nitrogen and oxygen atoms in total. The van der Waals surface area contributed by atoms with Crippen molar-refractivity contribution in [2.45, 2.75) is 0 Å². The van der Waals surface area contributed by atoms with Gasteiger partial charge in [0.1, 0.15) is 11.9 Å². The number of benzene rings is 1. The number of hydrogen-bond donors (Lipinski definition) is 3. The summed E-state index contributed by atoms with van der Waals surface area (Å²) in [5, 5.41) is 17.6. The van der Waals surface area contributed by atoms with Crippen LogP contribution in [-0.2, 0) is 4.74 Å². The zero-order chi connectivity index (χ0) is 22.5. The summed E-state index contributed by atoms with van der Waals surface area (Å²) in [4.78, 5) is 14.5. The SMILES string of the molecule is N#Cc1cncc(-c2ccc(NCCN3CCOCC3)nc2)c1Nc1cccc2[nH]ccc12. The highest BCUT2D eigenvalue weighted by molar-refractivity contribution is 5.96. The molecule has 0 aliphatic carbocycles. The van der Waals surface area contributed by atoms with Gasteiger partial charge >= 0.3 is 0 Å². The maximum Gasteiger partial charge on any atom is 0.125 e. The van der Waals surface area contributed by atoms with Crippen molar-refractivity contribution in [3.8, 4) is 17.2 Å². The van der Waals surface area contributed by atoms with E-state index >= 15 is 0 Å². The molecule has 0 atom stereocenters. The van der Waals surface area contributed by atoms with Gasteiger partial charge in [0.2, 0.25) is 0 Å². The summed E-state index contributed by atoms with van der Waals surface area (Å²) in [6.45, 7) is 5.34. The lowest BCUT2D eigenvalue weighted by Gasteiger charge is -2.26. The van der Waals surface area contributed by atoms with E-state index in [2.05, 4.69) is 36.6 Å². The van der Waals surface area contributed by atoms with E-state index in [0.29, 0.717) is 5.56 Å². The summed E-state index contributed by atoms with van der Waals surface area (Å²) in [7, 11) is 0. The first-order valence-corrected chi connectivity index (χ1v) is 11.0. The van der Waals surface area contributed by atoms with E-state index in [1.807, 2.05) is 48.8 Å². The number of nitriles is 1. The third kappa shape index (κ3) is 4.65. The van der Waals surface area contributed by atoms with Crippen LogP contribution in [0.5, 0.6) is 0 Å². The molecule has 0 amide bonds. The highest BCUT2D eigenvalue weighted by atomic mass is 16.5. The van der Waals surface area contributed by atoms with Gasteiger partial charge in [0, 0.05) is 78.7 Å². The van der Waals surface area contributed by atoms with Gasteiger partial charge in [0.15, 0.2) is 0 Å². The Balaban J connectivity index is 1.35. The van der Waals surface area contributed by atoms with Crippen LogP contribution in [0.25, 0.3) is 22.0 Å². The molecule has 0 bridgehead atoms. The number of nitrogens with one attached hydrogen (secondary N) is 3. The molecule has 0 saturated carbocycles. The molecular formula is C25H25N7O. The lowest BCUT2D eigenvalue weighted by Crippen LogP contribution is -2.39. The number of anilines is 3. The van der Waals surface area contributed by atoms with E-state index < -0.39 is 0 Å². The van der Waals surface area contributed by atoms with Crippen molar-refractivity contribution < 1.29 is 4.74 Å². The smallest absolute Gasteiger partial charge is 0.125 e. The third-order valence-electron chi connectivity index (χ3n) is 5.83. The number of fused-ring (bicyclic) bond motifs is 1. The molecule has 1 aromatic carbocycles. The van der Waals surface area contributed by atoms with E-state index in [-0.39, 0.29) is 0 Å². The van der Waals surface area contributed by atoms with Crippen molar-refractivity contribution in [1.29, 1.82) is 5.26 Å². The van der Waals surface area contributed by atoms with Gasteiger partial charge in [-0.3, -0.25) is 9.88 Å². The quantitative estimate of drug-likeness (QED) is 0.400. The minimum absolute atomic E-state index is 0.479. The molecule has 0 spiro atoms. The van der Waals surface area contributed by atoms with Crippen molar-refractivity contribution >= 4 is 28.1 Å². The second-order valence-electron chi connectivity index (χ2n) is 7.90. The summed E-state index contributed by atoms with van der Waals surface area (Å²) in [5.41, 5.74) is 4.87. The van der Waals surface area contributed by atoms with Crippen LogP contribution in [0.2, 0.25) is 0 Å². The monoisotopic (exact) mass is 439 g/mol. The Labute approximate surface area is 192 Å². The molecule has 5 rings (SSSR count). The fraction of sp³-hybridized carbons (Fsp3) is 0.240. The van der Waals surface area contributed by atoms with Gasteiger partial charge < -0.3 is 20.4 Å². The molecule has 1 fully saturated rings. The first-order valence-electron chi connectivity index (χ1n) is 11.0. The van der Waals surface area contributed by atoms with Gasteiger partial charge in [0.05, 0.1) is 24.5 Å². The van der Waals surface area contributed by atoms with Crippen molar-refractivity contribution in [1.82, 2.24) is 19.9 Å². The Hall–Kier alpha value is -3.93. The molecule has 33 heavy (non-hydrogen) atoms. The number of nitrogens with zero attached hydrogens (tertiary/aromatic N) is 4. The summed E-state index contributed by atoms with van der Waals surface area (Å²) in [6.07, 6.45) is 7.07. The van der Waals surface area contributed by atoms with Gasteiger partial charge in [-0.1, -0.05) is 6.07 Å². The number of aromatic nitrogens is 3. The van der Waals surface area contributed by atoms with E-state index in [1.165, 1.54) is 0 Å². The number of H-pyrrole nitrogens is 1. The number of ether oxygens (including phenoxy) is 1. The van der Waals surface area contributed by atoms with E-state index in [1.54, 1.807) is 12.4 Å². The molecule has 4 aromatic rings. The predicted octanol–water partition coefficient (Wildman–Crippen LogP) is 3.98. The fourth-order valence-electron chi connectivity index (χ4n) is 4.05. The fourth-order valence-corrected chi connectivity index (χ4v) is 4.05. The molecule has 166 valence electrons. The van der Waals surface area contributed by atoms with Gasteiger partial charge in [-0.2, -0.15) is 5.26 Å². The van der Waals surface area contributed by atoms with Crippen LogP contribution in [0, 0.1) is 11.3 Å². The maximum atomic E-state index is 9.72.